The predicted octanol–water partition coefficient (Wildman–Crippen LogP) is 1.54. The van der Waals surface area contributed by atoms with Gasteiger partial charge in [-0.1, -0.05) is 0 Å². The molecular formula is C14H20FN3O2. The molecule has 5 nitrogen and oxygen atoms in total. The maximum atomic E-state index is 13.5. The van der Waals surface area contributed by atoms with E-state index < -0.39 is 11.8 Å². The van der Waals surface area contributed by atoms with Gasteiger partial charge in [-0.25, -0.2) is 9.18 Å². The summed E-state index contributed by atoms with van der Waals surface area (Å²) in [6.07, 6.45) is 2.10. The topological polar surface area (TPSA) is 78.6 Å². The fourth-order valence-electron chi connectivity index (χ4n) is 2.81. The molecule has 0 radical (unpaired) electrons. The Hall–Kier alpha value is -1.82. The zero-order chi connectivity index (χ0) is 14.7. The first-order valence-electron chi connectivity index (χ1n) is 6.75. The van der Waals surface area contributed by atoms with Crippen molar-refractivity contribution in [2.45, 2.75) is 12.8 Å². The normalized spacial score (nSPS) is 19.1. The molecule has 1 aromatic carbocycles. The van der Waals surface area contributed by atoms with E-state index >= 15 is 0 Å². The Morgan fingerprint density at radius 3 is 3.00 bits per heavy atom. The molecule has 4 N–H and O–H groups in total. The number of piperidine rings is 1. The third kappa shape index (κ3) is 2.85. The number of halogens is 1. The van der Waals surface area contributed by atoms with Crippen LogP contribution < -0.4 is 16.0 Å². The Kier molecular flexibility index (Phi) is 4.44. The Morgan fingerprint density at radius 2 is 2.35 bits per heavy atom. The van der Waals surface area contributed by atoms with Gasteiger partial charge in [-0.15, -0.1) is 0 Å². The minimum absolute atomic E-state index is 0.130. The molecule has 1 unspecified atom stereocenters. The molecule has 1 aliphatic heterocycles. The molecule has 1 saturated heterocycles. The molecule has 0 saturated carbocycles. The van der Waals surface area contributed by atoms with Crippen LogP contribution in [0.4, 0.5) is 15.8 Å². The van der Waals surface area contributed by atoms with Crippen LogP contribution in [0.5, 0.6) is 0 Å². The van der Waals surface area contributed by atoms with Gasteiger partial charge in [0.2, 0.25) is 0 Å². The SMILES string of the molecule is CNCC1CCCN(c2ccc(F)c(N)c2C(=O)O)C1. The third-order valence-electron chi connectivity index (χ3n) is 3.74. The number of rotatable bonds is 4. The van der Waals surface area contributed by atoms with Gasteiger partial charge in [0.05, 0.1) is 11.4 Å². The highest BCUT2D eigenvalue weighted by Gasteiger charge is 2.25. The Labute approximate surface area is 117 Å². The number of hydrogen-bond acceptors (Lipinski definition) is 4. The van der Waals surface area contributed by atoms with E-state index in [0.717, 1.165) is 32.5 Å². The van der Waals surface area contributed by atoms with Crippen molar-refractivity contribution >= 4 is 17.3 Å². The van der Waals surface area contributed by atoms with Crippen LogP contribution in [0.2, 0.25) is 0 Å². The number of nitrogen functional groups attached to an aromatic ring is 1. The van der Waals surface area contributed by atoms with Crippen LogP contribution in [0, 0.1) is 11.7 Å². The molecule has 0 aromatic heterocycles. The summed E-state index contributed by atoms with van der Waals surface area (Å²) >= 11 is 0. The van der Waals surface area contributed by atoms with Crippen molar-refractivity contribution in [3.8, 4) is 0 Å². The average Bonchev–Trinajstić information content (AvgIpc) is 2.42. The number of benzene rings is 1. The smallest absolute Gasteiger partial charge is 0.340 e. The second kappa shape index (κ2) is 6.09. The van der Waals surface area contributed by atoms with Crippen molar-refractivity contribution in [2.75, 3.05) is 37.3 Å². The first kappa shape index (κ1) is 14.6. The Bertz CT molecular complexity index is 505. The van der Waals surface area contributed by atoms with Crippen molar-refractivity contribution in [1.29, 1.82) is 0 Å². The molecule has 0 spiro atoms. The quantitative estimate of drug-likeness (QED) is 0.730. The van der Waals surface area contributed by atoms with Gasteiger partial charge in [-0.3, -0.25) is 0 Å². The van der Waals surface area contributed by atoms with Crippen LogP contribution in [0.1, 0.15) is 23.2 Å². The second-order valence-electron chi connectivity index (χ2n) is 5.17. The molecule has 0 amide bonds. The zero-order valence-corrected chi connectivity index (χ0v) is 11.5. The number of anilines is 2. The number of nitrogens with one attached hydrogen (secondary N) is 1. The van der Waals surface area contributed by atoms with Crippen LogP contribution in [-0.2, 0) is 0 Å². The van der Waals surface area contributed by atoms with E-state index in [4.69, 9.17) is 5.73 Å². The second-order valence-corrected chi connectivity index (χ2v) is 5.17. The van der Waals surface area contributed by atoms with E-state index in [2.05, 4.69) is 5.32 Å². The van der Waals surface area contributed by atoms with Gasteiger partial charge in [-0.2, -0.15) is 0 Å². The number of carboxylic acid groups (broad SMARTS) is 1. The third-order valence-corrected chi connectivity index (χ3v) is 3.74. The van der Waals surface area contributed by atoms with E-state index in [0.29, 0.717) is 11.6 Å². The Morgan fingerprint density at radius 1 is 1.60 bits per heavy atom. The van der Waals surface area contributed by atoms with Gasteiger partial charge in [-0.05, 0) is 44.5 Å². The fraction of sp³-hybridized carbons (Fsp3) is 0.500. The number of carboxylic acids is 1. The molecule has 1 heterocycles. The number of nitrogens with two attached hydrogens (primary N) is 1. The summed E-state index contributed by atoms with van der Waals surface area (Å²) < 4.78 is 13.5. The molecule has 110 valence electrons. The summed E-state index contributed by atoms with van der Waals surface area (Å²) in [4.78, 5) is 13.3. The molecular weight excluding hydrogens is 261 g/mol. The highest BCUT2D eigenvalue weighted by atomic mass is 19.1. The average molecular weight is 281 g/mol. The lowest BCUT2D eigenvalue weighted by molar-refractivity contribution is 0.0698. The number of carbonyl (C=O) groups is 1. The molecule has 1 aromatic rings. The predicted molar refractivity (Wildman–Crippen MR) is 76.6 cm³/mol. The van der Waals surface area contributed by atoms with Crippen molar-refractivity contribution in [1.82, 2.24) is 5.32 Å². The zero-order valence-electron chi connectivity index (χ0n) is 11.5. The van der Waals surface area contributed by atoms with Gasteiger partial charge >= 0.3 is 5.97 Å². The summed E-state index contributed by atoms with van der Waals surface area (Å²) in [5.74, 6) is -1.41. The van der Waals surface area contributed by atoms with Crippen LogP contribution in [0.3, 0.4) is 0 Å². The Balaban J connectivity index is 2.32. The lowest BCUT2D eigenvalue weighted by atomic mass is 9.96. The van der Waals surface area contributed by atoms with E-state index in [1.165, 1.54) is 12.1 Å². The van der Waals surface area contributed by atoms with Crippen molar-refractivity contribution in [3.63, 3.8) is 0 Å². The maximum absolute atomic E-state index is 13.5. The fourth-order valence-corrected chi connectivity index (χ4v) is 2.81. The van der Waals surface area contributed by atoms with Crippen molar-refractivity contribution in [2.24, 2.45) is 5.92 Å². The first-order valence-corrected chi connectivity index (χ1v) is 6.75. The summed E-state index contributed by atoms with van der Waals surface area (Å²) in [6.45, 7) is 2.41. The largest absolute Gasteiger partial charge is 0.478 e. The van der Waals surface area contributed by atoms with Crippen LogP contribution in [0.15, 0.2) is 12.1 Å². The molecule has 1 atom stereocenters. The lowest BCUT2D eigenvalue weighted by Crippen LogP contribution is -2.39. The molecule has 20 heavy (non-hydrogen) atoms. The number of hydrogen-bond donors (Lipinski definition) is 3. The van der Waals surface area contributed by atoms with Gasteiger partial charge in [0.15, 0.2) is 0 Å². The summed E-state index contributed by atoms with van der Waals surface area (Å²) in [5.41, 5.74) is 5.68. The summed E-state index contributed by atoms with van der Waals surface area (Å²) in [7, 11) is 1.90. The molecule has 0 aliphatic carbocycles. The van der Waals surface area contributed by atoms with E-state index in [1.807, 2.05) is 11.9 Å². The lowest BCUT2D eigenvalue weighted by Gasteiger charge is -2.35. The monoisotopic (exact) mass is 281 g/mol. The van der Waals surface area contributed by atoms with Crippen LogP contribution in [0.25, 0.3) is 0 Å². The first-order chi connectivity index (χ1) is 9.54. The molecule has 1 aliphatic rings. The molecule has 2 rings (SSSR count). The minimum Gasteiger partial charge on any atom is -0.478 e. The molecule has 6 heteroatoms. The van der Waals surface area contributed by atoms with Crippen LogP contribution >= 0.6 is 0 Å². The highest BCUT2D eigenvalue weighted by Crippen LogP contribution is 2.31. The number of nitrogens with zero attached hydrogens (tertiary/aromatic N) is 1. The maximum Gasteiger partial charge on any atom is 0.340 e. The van der Waals surface area contributed by atoms with Gasteiger partial charge in [0, 0.05) is 13.1 Å². The highest BCUT2D eigenvalue weighted by molar-refractivity contribution is 6.00. The van der Waals surface area contributed by atoms with Gasteiger partial charge in [0.25, 0.3) is 0 Å². The van der Waals surface area contributed by atoms with Crippen molar-refractivity contribution < 1.29 is 14.3 Å². The minimum atomic E-state index is -1.19. The summed E-state index contributed by atoms with van der Waals surface area (Å²) in [5, 5.41) is 12.4. The van der Waals surface area contributed by atoms with Crippen LogP contribution in [-0.4, -0.2) is 37.8 Å². The van der Waals surface area contributed by atoms with Gasteiger partial charge < -0.3 is 21.1 Å². The van der Waals surface area contributed by atoms with E-state index in [1.54, 1.807) is 0 Å². The summed E-state index contributed by atoms with van der Waals surface area (Å²) in [6, 6.07) is 2.75. The molecule has 0 bridgehead atoms. The number of aromatic carboxylic acids is 1. The van der Waals surface area contributed by atoms with Crippen molar-refractivity contribution in [3.05, 3.63) is 23.5 Å². The van der Waals surface area contributed by atoms with E-state index in [-0.39, 0.29) is 11.3 Å². The standard InChI is InChI=1S/C14H20FN3O2/c1-17-7-9-3-2-6-18(8-9)11-5-4-10(15)13(16)12(11)14(19)20/h4-5,9,17H,2-3,6-8,16H2,1H3,(H,19,20). The van der Waals surface area contributed by atoms with E-state index in [9.17, 15) is 14.3 Å². The molecule has 1 fully saturated rings. The van der Waals surface area contributed by atoms with Gasteiger partial charge in [0.1, 0.15) is 11.4 Å².